The number of nitrogens with one attached hydrogen (secondary N) is 5. The van der Waals surface area contributed by atoms with E-state index in [0.717, 1.165) is 0 Å². The van der Waals surface area contributed by atoms with E-state index in [1.165, 1.54) is 12.4 Å². The lowest BCUT2D eigenvalue weighted by Crippen LogP contribution is -2.41. The van der Waals surface area contributed by atoms with Gasteiger partial charge in [0, 0.05) is 11.7 Å². The highest BCUT2D eigenvalue weighted by Gasteiger charge is 2.34. The first-order chi connectivity index (χ1) is 14.3. The number of rotatable bonds is 8. The normalized spacial score (nSPS) is 21.2. The Morgan fingerprint density at radius 2 is 1.80 bits per heavy atom. The van der Waals surface area contributed by atoms with Crippen molar-refractivity contribution < 1.29 is 13.2 Å². The van der Waals surface area contributed by atoms with Crippen molar-refractivity contribution in [2.75, 3.05) is 21.1 Å². The number of benzene rings is 1. The molecule has 3 rings (SSSR count). The van der Waals surface area contributed by atoms with Crippen molar-refractivity contribution in [1.82, 2.24) is 20.8 Å². The zero-order chi connectivity index (χ0) is 21.7. The van der Waals surface area contributed by atoms with Crippen LogP contribution in [0.4, 0.5) is 23.0 Å². The van der Waals surface area contributed by atoms with Crippen LogP contribution in [0.5, 0.6) is 0 Å². The molecule has 2 heterocycles. The Morgan fingerprint density at radius 3 is 2.43 bits per heavy atom. The second-order valence-corrected chi connectivity index (χ2v) is 9.17. The van der Waals surface area contributed by atoms with Crippen LogP contribution in [-0.4, -0.2) is 42.1 Å². The first-order valence-electron chi connectivity index (χ1n) is 9.79. The molecule has 10 nitrogen and oxygen atoms in total. The molecule has 30 heavy (non-hydrogen) atoms. The zero-order valence-electron chi connectivity index (χ0n) is 17.1. The summed E-state index contributed by atoms with van der Waals surface area (Å²) in [5, 5.41) is 5.82. The molecule has 1 aromatic heterocycles. The Labute approximate surface area is 176 Å². The third-order valence-corrected chi connectivity index (χ3v) is 6.34. The maximum atomic E-state index is 12.4. The predicted octanol–water partition coefficient (Wildman–Crippen LogP) is 1.81. The molecule has 162 valence electrons. The lowest BCUT2D eigenvalue weighted by atomic mass is 9.97. The molecule has 1 aromatic carbocycles. The molecular weight excluding hydrogens is 406 g/mol. The number of aromatic nitrogens is 2. The Kier molecular flexibility index (Phi) is 6.85. The topological polar surface area (TPSA) is 137 Å². The minimum absolute atomic E-state index is 0.0606. The highest BCUT2D eigenvalue weighted by atomic mass is 32.2. The third-order valence-electron chi connectivity index (χ3n) is 4.85. The van der Waals surface area contributed by atoms with Crippen LogP contribution in [0, 0.1) is 5.92 Å². The van der Waals surface area contributed by atoms with E-state index in [1.807, 2.05) is 20.8 Å². The number of anilines is 4. The van der Waals surface area contributed by atoms with Crippen LogP contribution in [0.3, 0.4) is 0 Å². The van der Waals surface area contributed by atoms with Crippen molar-refractivity contribution in [2.45, 2.75) is 39.3 Å². The summed E-state index contributed by atoms with van der Waals surface area (Å²) in [6, 6.07) is 6.70. The van der Waals surface area contributed by atoms with Gasteiger partial charge in [0.25, 0.3) is 0 Å². The summed E-state index contributed by atoms with van der Waals surface area (Å²) in [5.74, 6) is 0.374. The quantitative estimate of drug-likeness (QED) is 0.425. The van der Waals surface area contributed by atoms with Gasteiger partial charge in [-0.05, 0) is 37.5 Å². The van der Waals surface area contributed by atoms with E-state index in [2.05, 4.69) is 36.2 Å². The number of carbonyl (C=O) groups excluding carboxylic acids is 1. The molecule has 2 aromatic rings. The van der Waals surface area contributed by atoms with Gasteiger partial charge in [0.15, 0.2) is 0 Å². The van der Waals surface area contributed by atoms with Gasteiger partial charge in [0.05, 0.1) is 29.5 Å². The van der Waals surface area contributed by atoms with E-state index < -0.39 is 10.0 Å². The van der Waals surface area contributed by atoms with Gasteiger partial charge in [-0.3, -0.25) is 14.9 Å². The highest BCUT2D eigenvalue weighted by Crippen LogP contribution is 2.20. The lowest BCUT2D eigenvalue weighted by Gasteiger charge is -2.15. The molecule has 1 fully saturated rings. The van der Waals surface area contributed by atoms with Gasteiger partial charge in [-0.25, -0.2) is 23.8 Å². The minimum atomic E-state index is -3.36. The second kappa shape index (κ2) is 9.37. The fraction of sp³-hybridized carbons (Fsp3) is 0.421. The minimum Gasteiger partial charge on any atom is -0.324 e. The van der Waals surface area contributed by atoms with Gasteiger partial charge in [-0.1, -0.05) is 19.9 Å². The van der Waals surface area contributed by atoms with Crippen LogP contribution in [0.15, 0.2) is 36.7 Å². The molecule has 1 saturated heterocycles. The lowest BCUT2D eigenvalue weighted by molar-refractivity contribution is -0.118. The average molecular weight is 434 g/mol. The summed E-state index contributed by atoms with van der Waals surface area (Å²) < 4.78 is 26.4. The molecule has 0 spiro atoms. The highest BCUT2D eigenvalue weighted by molar-refractivity contribution is 7.92. The fourth-order valence-corrected chi connectivity index (χ4v) is 4.17. The number of hydrazine groups is 1. The van der Waals surface area contributed by atoms with Crippen molar-refractivity contribution in [3.63, 3.8) is 0 Å². The summed E-state index contributed by atoms with van der Waals surface area (Å²) in [6.07, 6.45) is 3.56. The number of amides is 1. The summed E-state index contributed by atoms with van der Waals surface area (Å²) >= 11 is 0. The summed E-state index contributed by atoms with van der Waals surface area (Å²) in [7, 11) is -3.36. The molecular formula is C19H27N7O3S. The SMILES string of the molecule is CCCS(=O)(=O)Nc1cccc(Nc2ncc(NC(=O)C3NNC(C)C3C)cn2)c1. The molecule has 0 aliphatic carbocycles. The van der Waals surface area contributed by atoms with Gasteiger partial charge in [-0.2, -0.15) is 0 Å². The molecule has 3 unspecified atom stereocenters. The first kappa shape index (κ1) is 21.9. The molecule has 1 amide bonds. The standard InChI is InChI=1S/C19H27N7O3S/c1-4-8-30(28,29)26-15-7-5-6-14(9-15)23-19-20-10-16(11-21-19)22-18(27)17-12(2)13(3)24-25-17/h5-7,9-13,17,24-26H,4,8H2,1-3H3,(H,22,27)(H,20,21,23). The summed E-state index contributed by atoms with van der Waals surface area (Å²) in [4.78, 5) is 20.8. The number of nitrogens with zero attached hydrogens (tertiary/aromatic N) is 2. The van der Waals surface area contributed by atoms with Gasteiger partial charge >= 0.3 is 0 Å². The monoisotopic (exact) mass is 433 g/mol. The molecule has 1 aliphatic rings. The van der Waals surface area contributed by atoms with Crippen LogP contribution in [0.25, 0.3) is 0 Å². The molecule has 0 radical (unpaired) electrons. The van der Waals surface area contributed by atoms with E-state index in [1.54, 1.807) is 24.3 Å². The van der Waals surface area contributed by atoms with E-state index in [0.29, 0.717) is 29.4 Å². The Balaban J connectivity index is 1.61. The maximum absolute atomic E-state index is 12.4. The zero-order valence-corrected chi connectivity index (χ0v) is 18.0. The van der Waals surface area contributed by atoms with Crippen molar-refractivity contribution in [2.24, 2.45) is 5.92 Å². The summed E-state index contributed by atoms with van der Waals surface area (Å²) in [5.41, 5.74) is 7.61. The molecule has 0 saturated carbocycles. The van der Waals surface area contributed by atoms with E-state index >= 15 is 0 Å². The van der Waals surface area contributed by atoms with Crippen molar-refractivity contribution >= 4 is 38.9 Å². The predicted molar refractivity (Wildman–Crippen MR) is 117 cm³/mol. The molecule has 5 N–H and O–H groups in total. The molecule has 11 heteroatoms. The van der Waals surface area contributed by atoms with Gasteiger partial charge in [0.1, 0.15) is 6.04 Å². The Morgan fingerprint density at radius 1 is 1.10 bits per heavy atom. The largest absolute Gasteiger partial charge is 0.324 e. The smallest absolute Gasteiger partial charge is 0.243 e. The van der Waals surface area contributed by atoms with Crippen molar-refractivity contribution in [1.29, 1.82) is 0 Å². The summed E-state index contributed by atoms with van der Waals surface area (Å²) in [6.45, 7) is 5.82. The van der Waals surface area contributed by atoms with Crippen LogP contribution in [0.2, 0.25) is 0 Å². The maximum Gasteiger partial charge on any atom is 0.243 e. The number of carbonyl (C=O) groups is 1. The van der Waals surface area contributed by atoms with Gasteiger partial charge < -0.3 is 10.6 Å². The molecule has 0 bridgehead atoms. The van der Waals surface area contributed by atoms with Crippen LogP contribution in [-0.2, 0) is 14.8 Å². The van der Waals surface area contributed by atoms with E-state index in [9.17, 15) is 13.2 Å². The third kappa shape index (κ3) is 5.65. The Hall–Kier alpha value is -2.76. The average Bonchev–Trinajstić information content (AvgIpc) is 3.02. The van der Waals surface area contributed by atoms with E-state index in [4.69, 9.17) is 0 Å². The van der Waals surface area contributed by atoms with E-state index in [-0.39, 0.29) is 29.7 Å². The van der Waals surface area contributed by atoms with Gasteiger partial charge in [0.2, 0.25) is 21.9 Å². The number of hydrogen-bond acceptors (Lipinski definition) is 8. The first-order valence-corrected chi connectivity index (χ1v) is 11.4. The molecule has 1 aliphatic heterocycles. The van der Waals surface area contributed by atoms with Crippen LogP contribution < -0.4 is 26.2 Å². The van der Waals surface area contributed by atoms with Crippen molar-refractivity contribution in [3.05, 3.63) is 36.7 Å². The number of sulfonamides is 1. The molecule has 3 atom stereocenters. The van der Waals surface area contributed by atoms with Crippen LogP contribution >= 0.6 is 0 Å². The van der Waals surface area contributed by atoms with Crippen LogP contribution in [0.1, 0.15) is 27.2 Å². The second-order valence-electron chi connectivity index (χ2n) is 7.33. The van der Waals surface area contributed by atoms with Gasteiger partial charge in [-0.15, -0.1) is 0 Å². The Bertz CT molecular complexity index is 982. The number of hydrogen-bond donors (Lipinski definition) is 5. The fourth-order valence-electron chi connectivity index (χ4n) is 3.04. The van der Waals surface area contributed by atoms with Crippen molar-refractivity contribution in [3.8, 4) is 0 Å².